The first kappa shape index (κ1) is 13.7. The molecule has 100 valence electrons. The van der Waals surface area contributed by atoms with Gasteiger partial charge in [0.05, 0.1) is 11.6 Å². The van der Waals surface area contributed by atoms with Crippen LogP contribution in [0.3, 0.4) is 0 Å². The second-order valence-electron chi connectivity index (χ2n) is 4.98. The molecule has 1 saturated carbocycles. The van der Waals surface area contributed by atoms with E-state index < -0.39 is 0 Å². The molecule has 18 heavy (non-hydrogen) atoms. The highest BCUT2D eigenvalue weighted by atomic mass is 35.5. The summed E-state index contributed by atoms with van der Waals surface area (Å²) in [5.74, 6) is 0.795. The molecule has 1 fully saturated rings. The lowest BCUT2D eigenvalue weighted by molar-refractivity contribution is 0.317. The van der Waals surface area contributed by atoms with Crippen LogP contribution in [0, 0.1) is 0 Å². The Labute approximate surface area is 115 Å². The van der Waals surface area contributed by atoms with Crippen LogP contribution in [0.4, 0.5) is 0 Å². The van der Waals surface area contributed by atoms with E-state index >= 15 is 0 Å². The highest BCUT2D eigenvalue weighted by molar-refractivity contribution is 6.32. The number of hydrogen-bond donors (Lipinski definition) is 1. The molecule has 0 unspecified atom stereocenters. The first-order valence-electron chi connectivity index (χ1n) is 6.94. The van der Waals surface area contributed by atoms with Crippen LogP contribution in [0.15, 0.2) is 18.2 Å². The average Bonchev–Trinajstić information content (AvgIpc) is 2.88. The SMILES string of the molecule is CCCOc1ccc(CNC2CCCC2)cc1Cl. The van der Waals surface area contributed by atoms with Gasteiger partial charge in [-0.1, -0.05) is 37.4 Å². The number of ether oxygens (including phenoxy) is 1. The average molecular weight is 268 g/mol. The monoisotopic (exact) mass is 267 g/mol. The lowest BCUT2D eigenvalue weighted by atomic mass is 10.2. The summed E-state index contributed by atoms with van der Waals surface area (Å²) < 4.78 is 5.57. The third-order valence-electron chi connectivity index (χ3n) is 3.41. The van der Waals surface area contributed by atoms with Crippen molar-refractivity contribution in [2.45, 2.75) is 51.6 Å². The van der Waals surface area contributed by atoms with Crippen LogP contribution in [-0.2, 0) is 6.54 Å². The maximum absolute atomic E-state index is 6.21. The molecule has 1 aromatic carbocycles. The second kappa shape index (κ2) is 7.01. The summed E-state index contributed by atoms with van der Waals surface area (Å²) in [5.41, 5.74) is 1.23. The van der Waals surface area contributed by atoms with Gasteiger partial charge in [0.1, 0.15) is 5.75 Å². The first-order valence-corrected chi connectivity index (χ1v) is 7.32. The second-order valence-corrected chi connectivity index (χ2v) is 5.38. The molecule has 0 saturated heterocycles. The van der Waals surface area contributed by atoms with Crippen LogP contribution in [0.1, 0.15) is 44.6 Å². The Morgan fingerprint density at radius 3 is 2.78 bits per heavy atom. The van der Waals surface area contributed by atoms with Gasteiger partial charge in [0, 0.05) is 12.6 Å². The van der Waals surface area contributed by atoms with Gasteiger partial charge < -0.3 is 10.1 Å². The molecule has 3 heteroatoms. The van der Waals surface area contributed by atoms with Gasteiger partial charge >= 0.3 is 0 Å². The van der Waals surface area contributed by atoms with Gasteiger partial charge in [0.2, 0.25) is 0 Å². The van der Waals surface area contributed by atoms with Gasteiger partial charge in [-0.25, -0.2) is 0 Å². The molecule has 0 atom stereocenters. The van der Waals surface area contributed by atoms with Crippen LogP contribution in [-0.4, -0.2) is 12.6 Å². The fourth-order valence-electron chi connectivity index (χ4n) is 2.38. The number of halogens is 1. The Morgan fingerprint density at radius 2 is 2.11 bits per heavy atom. The van der Waals surface area contributed by atoms with E-state index in [0.29, 0.717) is 11.1 Å². The Bertz CT molecular complexity index is 375. The van der Waals surface area contributed by atoms with E-state index in [4.69, 9.17) is 16.3 Å². The van der Waals surface area contributed by atoms with Crippen molar-refractivity contribution in [1.82, 2.24) is 5.32 Å². The van der Waals surface area contributed by atoms with Gasteiger partial charge in [-0.2, -0.15) is 0 Å². The summed E-state index contributed by atoms with van der Waals surface area (Å²) in [6.07, 6.45) is 6.35. The van der Waals surface area contributed by atoms with E-state index in [1.807, 2.05) is 12.1 Å². The third-order valence-corrected chi connectivity index (χ3v) is 3.70. The van der Waals surface area contributed by atoms with Crippen LogP contribution in [0.5, 0.6) is 5.75 Å². The van der Waals surface area contributed by atoms with E-state index in [2.05, 4.69) is 18.3 Å². The summed E-state index contributed by atoms with van der Waals surface area (Å²) in [5, 5.41) is 4.31. The lowest BCUT2D eigenvalue weighted by Crippen LogP contribution is -2.25. The Balaban J connectivity index is 1.87. The quantitative estimate of drug-likeness (QED) is 0.836. The Hall–Kier alpha value is -0.730. The number of rotatable bonds is 6. The van der Waals surface area contributed by atoms with Gasteiger partial charge in [0.15, 0.2) is 0 Å². The number of hydrogen-bond acceptors (Lipinski definition) is 2. The highest BCUT2D eigenvalue weighted by Gasteiger charge is 2.14. The fourth-order valence-corrected chi connectivity index (χ4v) is 2.63. The van der Waals surface area contributed by atoms with Crippen molar-refractivity contribution in [2.75, 3.05) is 6.61 Å². The molecule has 0 aromatic heterocycles. The van der Waals surface area contributed by atoms with Crippen molar-refractivity contribution in [3.05, 3.63) is 28.8 Å². The molecule has 0 amide bonds. The van der Waals surface area contributed by atoms with E-state index in [0.717, 1.165) is 25.3 Å². The van der Waals surface area contributed by atoms with Crippen molar-refractivity contribution in [2.24, 2.45) is 0 Å². The standard InChI is InChI=1S/C15H22ClNO/c1-2-9-18-15-8-7-12(10-14(15)16)11-17-13-5-3-4-6-13/h7-8,10,13,17H,2-6,9,11H2,1H3. The van der Waals surface area contributed by atoms with E-state index in [9.17, 15) is 0 Å². The van der Waals surface area contributed by atoms with Crippen molar-refractivity contribution >= 4 is 11.6 Å². The minimum absolute atomic E-state index is 0.694. The highest BCUT2D eigenvalue weighted by Crippen LogP contribution is 2.26. The van der Waals surface area contributed by atoms with Crippen molar-refractivity contribution in [3.8, 4) is 5.75 Å². The molecule has 2 rings (SSSR count). The normalized spacial score (nSPS) is 16.1. The largest absolute Gasteiger partial charge is 0.492 e. The zero-order chi connectivity index (χ0) is 12.8. The zero-order valence-electron chi connectivity index (χ0n) is 11.0. The smallest absolute Gasteiger partial charge is 0.137 e. The predicted octanol–water partition coefficient (Wildman–Crippen LogP) is 4.16. The van der Waals surface area contributed by atoms with Crippen molar-refractivity contribution < 1.29 is 4.74 Å². The summed E-state index contributed by atoms with van der Waals surface area (Å²) in [6, 6.07) is 6.77. The van der Waals surface area contributed by atoms with E-state index in [1.54, 1.807) is 0 Å². The van der Waals surface area contributed by atoms with Crippen LogP contribution < -0.4 is 10.1 Å². The van der Waals surface area contributed by atoms with E-state index in [-0.39, 0.29) is 0 Å². The molecular weight excluding hydrogens is 246 g/mol. The molecule has 0 radical (unpaired) electrons. The molecule has 0 bridgehead atoms. The van der Waals surface area contributed by atoms with Crippen molar-refractivity contribution in [1.29, 1.82) is 0 Å². The molecule has 1 aliphatic carbocycles. The minimum Gasteiger partial charge on any atom is -0.492 e. The number of nitrogens with one attached hydrogen (secondary N) is 1. The summed E-state index contributed by atoms with van der Waals surface area (Å²) in [7, 11) is 0. The molecule has 0 heterocycles. The molecule has 1 aromatic rings. The molecule has 0 spiro atoms. The van der Waals surface area contributed by atoms with Gasteiger partial charge in [-0.15, -0.1) is 0 Å². The maximum atomic E-state index is 6.21. The summed E-state index contributed by atoms with van der Waals surface area (Å²) in [6.45, 7) is 3.71. The molecule has 1 aliphatic rings. The Morgan fingerprint density at radius 1 is 1.33 bits per heavy atom. The number of benzene rings is 1. The maximum Gasteiger partial charge on any atom is 0.137 e. The fraction of sp³-hybridized carbons (Fsp3) is 0.600. The minimum atomic E-state index is 0.694. The lowest BCUT2D eigenvalue weighted by Gasteiger charge is -2.13. The topological polar surface area (TPSA) is 21.3 Å². The summed E-state index contributed by atoms with van der Waals surface area (Å²) >= 11 is 6.21. The van der Waals surface area contributed by atoms with Crippen LogP contribution in [0.2, 0.25) is 5.02 Å². The van der Waals surface area contributed by atoms with Crippen LogP contribution >= 0.6 is 11.6 Å². The molecule has 1 N–H and O–H groups in total. The van der Waals surface area contributed by atoms with Gasteiger partial charge in [0.25, 0.3) is 0 Å². The molecule has 2 nitrogen and oxygen atoms in total. The first-order chi connectivity index (χ1) is 8.79. The van der Waals surface area contributed by atoms with Gasteiger partial charge in [-0.3, -0.25) is 0 Å². The molecule has 0 aliphatic heterocycles. The third kappa shape index (κ3) is 3.89. The summed E-state index contributed by atoms with van der Waals surface area (Å²) in [4.78, 5) is 0. The van der Waals surface area contributed by atoms with Crippen molar-refractivity contribution in [3.63, 3.8) is 0 Å². The predicted molar refractivity (Wildman–Crippen MR) is 76.3 cm³/mol. The van der Waals surface area contributed by atoms with Crippen LogP contribution in [0.25, 0.3) is 0 Å². The zero-order valence-corrected chi connectivity index (χ0v) is 11.8. The van der Waals surface area contributed by atoms with E-state index in [1.165, 1.54) is 31.2 Å². The Kier molecular flexibility index (Phi) is 5.33. The van der Waals surface area contributed by atoms with Gasteiger partial charge in [-0.05, 0) is 37.0 Å². The molecular formula is C15H22ClNO.